The summed E-state index contributed by atoms with van der Waals surface area (Å²) in [5, 5.41) is 3.19. The maximum Gasteiger partial charge on any atom is 0.318 e. The zero-order valence-corrected chi connectivity index (χ0v) is 13.5. The SMILES string of the molecule is CC(C)CC1(NC(=O)N(Cc2cocn2)Cc2cocn2)CC1. The van der Waals surface area contributed by atoms with Crippen LogP contribution < -0.4 is 5.32 Å². The lowest BCUT2D eigenvalue weighted by atomic mass is 10.0. The summed E-state index contributed by atoms with van der Waals surface area (Å²) in [5.41, 5.74) is 1.37. The first kappa shape index (κ1) is 15.6. The molecule has 23 heavy (non-hydrogen) atoms. The van der Waals surface area contributed by atoms with Gasteiger partial charge >= 0.3 is 6.03 Å². The average molecular weight is 318 g/mol. The molecule has 0 aromatic carbocycles. The van der Waals surface area contributed by atoms with Gasteiger partial charge in [-0.3, -0.25) is 0 Å². The Labute approximate surface area is 135 Å². The van der Waals surface area contributed by atoms with E-state index in [0.29, 0.717) is 30.4 Å². The maximum atomic E-state index is 12.7. The third-order valence-electron chi connectivity index (χ3n) is 3.98. The van der Waals surface area contributed by atoms with Gasteiger partial charge in [0.15, 0.2) is 12.8 Å². The molecule has 0 spiro atoms. The summed E-state index contributed by atoms with van der Waals surface area (Å²) in [6.07, 6.45) is 8.90. The van der Waals surface area contributed by atoms with Gasteiger partial charge in [-0.05, 0) is 25.2 Å². The van der Waals surface area contributed by atoms with Crippen LogP contribution in [0, 0.1) is 5.92 Å². The molecule has 2 aromatic rings. The Hall–Kier alpha value is -2.31. The molecule has 1 saturated carbocycles. The number of rotatable bonds is 7. The van der Waals surface area contributed by atoms with Gasteiger partial charge in [-0.15, -0.1) is 0 Å². The van der Waals surface area contributed by atoms with E-state index in [4.69, 9.17) is 8.83 Å². The van der Waals surface area contributed by atoms with Crippen LogP contribution in [0.25, 0.3) is 0 Å². The number of hydrogen-bond acceptors (Lipinski definition) is 5. The van der Waals surface area contributed by atoms with Crippen molar-refractivity contribution in [2.75, 3.05) is 0 Å². The molecule has 2 aromatic heterocycles. The fourth-order valence-corrected chi connectivity index (χ4v) is 2.84. The number of hydrogen-bond donors (Lipinski definition) is 1. The van der Waals surface area contributed by atoms with Crippen molar-refractivity contribution in [1.82, 2.24) is 20.2 Å². The molecule has 0 saturated heterocycles. The van der Waals surface area contributed by atoms with Crippen molar-refractivity contribution < 1.29 is 13.6 Å². The summed E-state index contributed by atoms with van der Waals surface area (Å²) in [6, 6.07) is -0.103. The van der Waals surface area contributed by atoms with Crippen molar-refractivity contribution in [3.8, 4) is 0 Å². The smallest absolute Gasteiger partial charge is 0.318 e. The highest BCUT2D eigenvalue weighted by atomic mass is 16.3. The second-order valence-corrected chi connectivity index (χ2v) is 6.62. The molecule has 0 atom stereocenters. The van der Waals surface area contributed by atoms with E-state index in [1.807, 2.05) is 0 Å². The maximum absolute atomic E-state index is 12.7. The fraction of sp³-hybridized carbons (Fsp3) is 0.562. The summed E-state index contributed by atoms with van der Waals surface area (Å²) in [4.78, 5) is 22.6. The van der Waals surface area contributed by atoms with E-state index in [-0.39, 0.29) is 11.6 Å². The van der Waals surface area contributed by atoms with Crippen molar-refractivity contribution in [2.24, 2.45) is 5.92 Å². The lowest BCUT2D eigenvalue weighted by Gasteiger charge is -2.26. The van der Waals surface area contributed by atoms with E-state index in [2.05, 4.69) is 29.1 Å². The fourth-order valence-electron chi connectivity index (χ4n) is 2.84. The minimum atomic E-state index is -0.103. The summed E-state index contributed by atoms with van der Waals surface area (Å²) >= 11 is 0. The minimum Gasteiger partial charge on any atom is -0.451 e. The number of nitrogens with one attached hydrogen (secondary N) is 1. The number of amides is 2. The minimum absolute atomic E-state index is 0.0445. The molecule has 1 aliphatic carbocycles. The monoisotopic (exact) mass is 318 g/mol. The van der Waals surface area contributed by atoms with Crippen LogP contribution in [0.1, 0.15) is 44.5 Å². The topological polar surface area (TPSA) is 84.4 Å². The highest BCUT2D eigenvalue weighted by Gasteiger charge is 2.44. The van der Waals surface area contributed by atoms with Crippen LogP contribution in [0.4, 0.5) is 4.79 Å². The largest absolute Gasteiger partial charge is 0.451 e. The van der Waals surface area contributed by atoms with Gasteiger partial charge in [0.2, 0.25) is 0 Å². The molecule has 0 bridgehead atoms. The molecule has 0 radical (unpaired) electrons. The Morgan fingerprint density at radius 1 is 1.22 bits per heavy atom. The van der Waals surface area contributed by atoms with E-state index >= 15 is 0 Å². The highest BCUT2D eigenvalue weighted by Crippen LogP contribution is 2.41. The lowest BCUT2D eigenvalue weighted by Crippen LogP contribution is -2.46. The standard InChI is InChI=1S/C16H22N4O3/c1-12(2)5-16(3-4-16)19-15(21)20(6-13-8-22-10-17-13)7-14-9-23-11-18-14/h8-12H,3-7H2,1-2H3,(H,19,21). The number of oxazole rings is 2. The molecule has 124 valence electrons. The molecule has 7 heteroatoms. The van der Waals surface area contributed by atoms with Gasteiger partial charge < -0.3 is 19.1 Å². The Bertz CT molecular complexity index is 582. The number of carbonyl (C=O) groups is 1. The van der Waals surface area contributed by atoms with Crippen LogP contribution in [0.2, 0.25) is 0 Å². The van der Waals surface area contributed by atoms with E-state index in [1.165, 1.54) is 12.8 Å². The van der Waals surface area contributed by atoms with E-state index < -0.39 is 0 Å². The van der Waals surface area contributed by atoms with Crippen molar-refractivity contribution in [3.63, 3.8) is 0 Å². The number of aromatic nitrogens is 2. The van der Waals surface area contributed by atoms with Crippen LogP contribution in [0.5, 0.6) is 0 Å². The van der Waals surface area contributed by atoms with Gasteiger partial charge in [0.25, 0.3) is 0 Å². The van der Waals surface area contributed by atoms with Crippen LogP contribution in [-0.2, 0) is 13.1 Å². The molecule has 7 nitrogen and oxygen atoms in total. The van der Waals surface area contributed by atoms with Crippen molar-refractivity contribution in [1.29, 1.82) is 0 Å². The lowest BCUT2D eigenvalue weighted by molar-refractivity contribution is 0.183. The Kier molecular flexibility index (Phi) is 4.36. The molecule has 1 aliphatic rings. The molecular formula is C16H22N4O3. The van der Waals surface area contributed by atoms with Crippen LogP contribution in [0.15, 0.2) is 34.1 Å². The number of carbonyl (C=O) groups excluding carboxylic acids is 1. The number of nitrogens with zero attached hydrogens (tertiary/aromatic N) is 3. The van der Waals surface area contributed by atoms with Gasteiger partial charge in [0.05, 0.1) is 24.5 Å². The third-order valence-corrected chi connectivity index (χ3v) is 3.98. The normalized spacial score (nSPS) is 15.6. The van der Waals surface area contributed by atoms with E-state index in [0.717, 1.165) is 19.3 Å². The first-order chi connectivity index (χ1) is 11.1. The molecule has 2 heterocycles. The predicted octanol–water partition coefficient (Wildman–Crippen LogP) is 2.95. The van der Waals surface area contributed by atoms with Gasteiger partial charge in [-0.1, -0.05) is 13.8 Å². The summed E-state index contributed by atoms with van der Waals surface area (Å²) in [7, 11) is 0. The van der Waals surface area contributed by atoms with Crippen LogP contribution in [0.3, 0.4) is 0 Å². The number of urea groups is 1. The summed E-state index contributed by atoms with van der Waals surface area (Å²) < 4.78 is 9.99. The molecule has 2 amide bonds. The van der Waals surface area contributed by atoms with E-state index in [1.54, 1.807) is 17.4 Å². The first-order valence-corrected chi connectivity index (χ1v) is 7.87. The zero-order valence-electron chi connectivity index (χ0n) is 13.5. The van der Waals surface area contributed by atoms with Gasteiger partial charge in [0, 0.05) is 5.54 Å². The van der Waals surface area contributed by atoms with Crippen molar-refractivity contribution in [3.05, 3.63) is 36.7 Å². The predicted molar refractivity (Wildman–Crippen MR) is 82.2 cm³/mol. The molecule has 0 aliphatic heterocycles. The van der Waals surface area contributed by atoms with Gasteiger partial charge in [-0.2, -0.15) is 0 Å². The molecule has 0 unspecified atom stereocenters. The van der Waals surface area contributed by atoms with Crippen molar-refractivity contribution in [2.45, 2.75) is 51.7 Å². The Balaban J connectivity index is 1.68. The van der Waals surface area contributed by atoms with Crippen molar-refractivity contribution >= 4 is 6.03 Å². The third kappa shape index (κ3) is 4.12. The molecule has 1 N–H and O–H groups in total. The average Bonchev–Trinajstić information content (AvgIpc) is 2.95. The Morgan fingerprint density at radius 3 is 2.17 bits per heavy atom. The summed E-state index contributed by atoms with van der Waals surface area (Å²) in [6.45, 7) is 5.09. The quantitative estimate of drug-likeness (QED) is 0.848. The van der Waals surface area contributed by atoms with Crippen LogP contribution in [-0.4, -0.2) is 26.4 Å². The molecular weight excluding hydrogens is 296 g/mol. The second-order valence-electron chi connectivity index (χ2n) is 6.62. The van der Waals surface area contributed by atoms with Crippen LogP contribution >= 0.6 is 0 Å². The second kappa shape index (κ2) is 6.44. The Morgan fingerprint density at radius 2 is 1.78 bits per heavy atom. The molecule has 3 rings (SSSR count). The summed E-state index contributed by atoms with van der Waals surface area (Å²) in [5.74, 6) is 0.553. The zero-order chi connectivity index (χ0) is 16.3. The van der Waals surface area contributed by atoms with E-state index in [9.17, 15) is 4.79 Å². The molecule has 1 fully saturated rings. The highest BCUT2D eigenvalue weighted by molar-refractivity contribution is 5.75. The first-order valence-electron chi connectivity index (χ1n) is 7.87. The van der Waals surface area contributed by atoms with Gasteiger partial charge in [0.1, 0.15) is 12.5 Å². The van der Waals surface area contributed by atoms with Gasteiger partial charge in [-0.25, -0.2) is 14.8 Å².